The quantitative estimate of drug-likeness (QED) is 0.310. The molecule has 3 aromatic rings. The van der Waals surface area contributed by atoms with Crippen LogP contribution in [0, 0.1) is 0 Å². The van der Waals surface area contributed by atoms with E-state index < -0.39 is 11.9 Å². The smallest absolute Gasteiger partial charge is 0.269 e. The van der Waals surface area contributed by atoms with Crippen molar-refractivity contribution in [1.82, 2.24) is 15.3 Å². The minimum absolute atomic E-state index is 0.0674. The number of likely N-dealkylation sites (N-methyl/N-ethyl adjacent to an activating group) is 1. The molecule has 1 aliphatic heterocycles. The zero-order chi connectivity index (χ0) is 22.7. The van der Waals surface area contributed by atoms with Gasteiger partial charge in [-0.1, -0.05) is 36.4 Å². The number of thioether (sulfide) groups is 1. The van der Waals surface area contributed by atoms with Crippen LogP contribution in [0.1, 0.15) is 5.56 Å². The number of carbonyl (C=O) groups is 2. The third-order valence-electron chi connectivity index (χ3n) is 5.20. The van der Waals surface area contributed by atoms with Crippen molar-refractivity contribution in [3.63, 3.8) is 0 Å². The van der Waals surface area contributed by atoms with Crippen LogP contribution in [0.15, 0.2) is 77.7 Å². The van der Waals surface area contributed by atoms with E-state index in [4.69, 9.17) is 11.6 Å². The van der Waals surface area contributed by atoms with Crippen molar-refractivity contribution in [2.24, 2.45) is 11.6 Å². The third kappa shape index (κ3) is 4.53. The van der Waals surface area contributed by atoms with Crippen LogP contribution in [0.3, 0.4) is 0 Å². The molecule has 0 fully saturated rings. The molecule has 0 spiro atoms. The van der Waals surface area contributed by atoms with Gasteiger partial charge >= 0.3 is 0 Å². The highest BCUT2D eigenvalue weighted by Gasteiger charge is 2.31. The fourth-order valence-electron chi connectivity index (χ4n) is 3.61. The van der Waals surface area contributed by atoms with E-state index in [0.717, 1.165) is 26.9 Å². The lowest BCUT2D eigenvalue weighted by molar-refractivity contribution is -0.125. The fourth-order valence-corrected chi connectivity index (χ4v) is 4.73. The summed E-state index contributed by atoms with van der Waals surface area (Å²) in [5.41, 5.74) is 7.69. The van der Waals surface area contributed by atoms with Crippen LogP contribution in [0.4, 0.5) is 5.69 Å². The van der Waals surface area contributed by atoms with Gasteiger partial charge in [-0.05, 0) is 17.7 Å². The van der Waals surface area contributed by atoms with Crippen LogP contribution in [0.25, 0.3) is 10.8 Å². The van der Waals surface area contributed by atoms with Crippen molar-refractivity contribution in [1.29, 1.82) is 0 Å². The number of aromatic nitrogens is 1. The second-order valence-electron chi connectivity index (χ2n) is 7.49. The van der Waals surface area contributed by atoms with Gasteiger partial charge in [0.1, 0.15) is 11.7 Å². The van der Waals surface area contributed by atoms with E-state index in [9.17, 15) is 9.59 Å². The highest BCUT2D eigenvalue weighted by atomic mass is 32.2. The average Bonchev–Trinajstić information content (AvgIpc) is 2.91. The van der Waals surface area contributed by atoms with E-state index in [-0.39, 0.29) is 11.6 Å². The first-order chi connectivity index (χ1) is 15.4. The molecule has 1 aliphatic rings. The van der Waals surface area contributed by atoms with Gasteiger partial charge in [-0.25, -0.2) is 5.84 Å². The molecular formula is C23H24N6O2S. The molecule has 0 bridgehead atoms. The second kappa shape index (κ2) is 9.29. The van der Waals surface area contributed by atoms with Crippen LogP contribution >= 0.6 is 11.8 Å². The summed E-state index contributed by atoms with van der Waals surface area (Å²) in [6, 6.07) is 14.7. The van der Waals surface area contributed by atoms with Crippen LogP contribution in [0.2, 0.25) is 0 Å². The number of anilines is 1. The second-order valence-corrected chi connectivity index (χ2v) is 8.55. The number of nitrogens with zero attached hydrogens (tertiary/aromatic N) is 3. The highest BCUT2D eigenvalue weighted by molar-refractivity contribution is 7.99. The number of nitrogens with two attached hydrogens (primary N) is 2. The normalized spacial score (nSPS) is 16.4. The number of amides is 2. The number of hydrogen-bond donors (Lipinski definition) is 3. The summed E-state index contributed by atoms with van der Waals surface area (Å²) in [6.07, 6.45) is 4.84. The Kier molecular flexibility index (Phi) is 6.29. The lowest BCUT2D eigenvalue weighted by atomic mass is 10.1. The summed E-state index contributed by atoms with van der Waals surface area (Å²) in [6.45, 7) is 0.396. The molecule has 4 rings (SSSR count). The molecule has 1 aromatic heterocycles. The first kappa shape index (κ1) is 21.7. The van der Waals surface area contributed by atoms with Crippen molar-refractivity contribution >= 4 is 40.0 Å². The number of hydrogen-bond acceptors (Lipinski definition) is 7. The van der Waals surface area contributed by atoms with Crippen molar-refractivity contribution in [2.45, 2.75) is 17.5 Å². The van der Waals surface area contributed by atoms with Crippen molar-refractivity contribution in [3.05, 3.63) is 78.4 Å². The van der Waals surface area contributed by atoms with Gasteiger partial charge in [0, 0.05) is 47.1 Å². The number of pyridine rings is 1. The lowest BCUT2D eigenvalue weighted by Crippen LogP contribution is -2.49. The van der Waals surface area contributed by atoms with E-state index in [1.165, 1.54) is 23.0 Å². The van der Waals surface area contributed by atoms with E-state index in [2.05, 4.69) is 10.3 Å². The number of benzene rings is 2. The third-order valence-corrected chi connectivity index (χ3v) is 6.35. The summed E-state index contributed by atoms with van der Waals surface area (Å²) in [7, 11) is 1.72. The van der Waals surface area contributed by atoms with Gasteiger partial charge in [0.25, 0.3) is 5.91 Å². The molecule has 0 saturated carbocycles. The molecule has 32 heavy (non-hydrogen) atoms. The Morgan fingerprint density at radius 3 is 2.84 bits per heavy atom. The van der Waals surface area contributed by atoms with E-state index in [1.807, 2.05) is 48.5 Å². The van der Waals surface area contributed by atoms with Crippen LogP contribution in [-0.4, -0.2) is 40.6 Å². The largest absolute Gasteiger partial charge is 0.393 e. The van der Waals surface area contributed by atoms with E-state index in [1.54, 1.807) is 24.3 Å². The summed E-state index contributed by atoms with van der Waals surface area (Å²) in [5, 5.41) is 5.98. The number of rotatable bonds is 5. The van der Waals surface area contributed by atoms with Crippen LogP contribution < -0.4 is 21.8 Å². The molecule has 2 aromatic carbocycles. The predicted molar refractivity (Wildman–Crippen MR) is 126 cm³/mol. The predicted octanol–water partition coefficient (Wildman–Crippen LogP) is 1.96. The number of hydrazine groups is 1. The minimum atomic E-state index is -0.728. The zero-order valence-corrected chi connectivity index (χ0v) is 18.4. The Balaban J connectivity index is 1.48. The maximum absolute atomic E-state index is 13.2. The van der Waals surface area contributed by atoms with Gasteiger partial charge in [0.05, 0.1) is 12.2 Å². The highest BCUT2D eigenvalue weighted by Crippen LogP contribution is 2.39. The van der Waals surface area contributed by atoms with Crippen LogP contribution in [0.5, 0.6) is 0 Å². The lowest BCUT2D eigenvalue weighted by Gasteiger charge is -2.23. The van der Waals surface area contributed by atoms with Crippen LogP contribution in [-0.2, 0) is 16.1 Å². The molecule has 9 heteroatoms. The minimum Gasteiger partial charge on any atom is -0.393 e. The van der Waals surface area contributed by atoms with Gasteiger partial charge < -0.3 is 21.0 Å². The van der Waals surface area contributed by atoms with E-state index >= 15 is 0 Å². The Morgan fingerprint density at radius 1 is 1.28 bits per heavy atom. The molecule has 5 N–H and O–H groups in total. The standard InChI is InChI=1S/C23H24N6O2S/c1-28-21-17-9-10-26-11-16(17)7-8-20(21)32-14-19(23(28)31)27-22(30)18(24)13-29(25)12-15-5-3-2-4-6-15/h2-11,13,19H,12,14,24-25H2,1H3,(H,27,30)/b18-13-. The molecule has 0 aliphatic carbocycles. The molecule has 2 heterocycles. The molecular weight excluding hydrogens is 424 g/mol. The molecule has 164 valence electrons. The average molecular weight is 449 g/mol. The fraction of sp³-hybridized carbons (Fsp3) is 0.174. The number of nitrogens with one attached hydrogen (secondary N) is 1. The van der Waals surface area contributed by atoms with Gasteiger partial charge in [-0.2, -0.15) is 0 Å². The van der Waals surface area contributed by atoms with Gasteiger partial charge in [0.2, 0.25) is 5.91 Å². The maximum Gasteiger partial charge on any atom is 0.269 e. The monoisotopic (exact) mass is 448 g/mol. The molecule has 0 radical (unpaired) electrons. The Hall–Kier alpha value is -3.56. The number of carbonyl (C=O) groups excluding carboxylic acids is 2. The Morgan fingerprint density at radius 2 is 2.06 bits per heavy atom. The summed E-state index contributed by atoms with van der Waals surface area (Å²) >= 11 is 1.52. The summed E-state index contributed by atoms with van der Waals surface area (Å²) in [4.78, 5) is 32.5. The maximum atomic E-state index is 13.2. The molecule has 1 unspecified atom stereocenters. The summed E-state index contributed by atoms with van der Waals surface area (Å²) in [5.74, 6) is 5.61. The Labute approximate surface area is 190 Å². The van der Waals surface area contributed by atoms with Crippen molar-refractivity contribution < 1.29 is 9.59 Å². The first-order valence-corrected chi connectivity index (χ1v) is 11.0. The molecule has 8 nitrogen and oxygen atoms in total. The SMILES string of the molecule is CN1C(=O)C(NC(=O)/C(N)=C/N(N)Cc2ccccc2)CSc2ccc3cnccc3c21. The first-order valence-electron chi connectivity index (χ1n) is 10.0. The summed E-state index contributed by atoms with van der Waals surface area (Å²) < 4.78 is 0. The van der Waals surface area contributed by atoms with Gasteiger partial charge in [-0.3, -0.25) is 14.6 Å². The zero-order valence-electron chi connectivity index (χ0n) is 17.6. The number of fused-ring (bicyclic) bond motifs is 3. The van der Waals surface area contributed by atoms with Crippen molar-refractivity contribution in [3.8, 4) is 0 Å². The van der Waals surface area contributed by atoms with E-state index in [0.29, 0.717) is 12.3 Å². The van der Waals surface area contributed by atoms with Crippen molar-refractivity contribution in [2.75, 3.05) is 17.7 Å². The topological polar surface area (TPSA) is 118 Å². The Bertz CT molecular complexity index is 1180. The molecule has 2 amide bonds. The van der Waals surface area contributed by atoms with Gasteiger partial charge in [-0.15, -0.1) is 11.8 Å². The molecule has 0 saturated heterocycles. The van der Waals surface area contributed by atoms with Gasteiger partial charge in [0.15, 0.2) is 0 Å². The molecule has 1 atom stereocenters.